The van der Waals surface area contributed by atoms with Crippen molar-refractivity contribution in [2.45, 2.75) is 12.7 Å². The van der Waals surface area contributed by atoms with Crippen LogP contribution in [0.2, 0.25) is 0 Å². The minimum Gasteiger partial charge on any atom is -0.354 e. The second-order valence-electron chi connectivity index (χ2n) is 3.77. The van der Waals surface area contributed by atoms with Gasteiger partial charge in [-0.05, 0) is 12.0 Å². The van der Waals surface area contributed by atoms with Crippen LogP contribution in [0.5, 0.6) is 0 Å². The first kappa shape index (κ1) is 14.5. The fourth-order valence-electron chi connectivity index (χ4n) is 1.47. The maximum atomic E-state index is 11.4. The van der Waals surface area contributed by atoms with Crippen LogP contribution < -0.4 is 10.6 Å². The molecule has 0 bridgehead atoms. The zero-order valence-electron chi connectivity index (χ0n) is 10.8. The van der Waals surface area contributed by atoms with Gasteiger partial charge in [-0.3, -0.25) is 0 Å². The van der Waals surface area contributed by atoms with Gasteiger partial charge in [-0.2, -0.15) is 0 Å². The van der Waals surface area contributed by atoms with Crippen molar-refractivity contribution < 1.29 is 14.3 Å². The van der Waals surface area contributed by atoms with Crippen molar-refractivity contribution in [2.75, 3.05) is 27.3 Å². The highest BCUT2D eigenvalue weighted by molar-refractivity contribution is 5.73. The van der Waals surface area contributed by atoms with Crippen molar-refractivity contribution in [3.63, 3.8) is 0 Å². The van der Waals surface area contributed by atoms with Crippen LogP contribution in [0.4, 0.5) is 4.79 Å². The van der Waals surface area contributed by atoms with Crippen LogP contribution in [0.15, 0.2) is 30.3 Å². The Kier molecular flexibility index (Phi) is 6.83. The molecule has 2 N–H and O–H groups in total. The predicted octanol–water partition coefficient (Wildman–Crippen LogP) is 1.15. The van der Waals surface area contributed by atoms with Gasteiger partial charge in [-0.1, -0.05) is 30.3 Å². The van der Waals surface area contributed by atoms with E-state index in [0.717, 1.165) is 6.42 Å². The Hall–Kier alpha value is -1.59. The van der Waals surface area contributed by atoms with E-state index in [9.17, 15) is 4.79 Å². The number of methoxy groups -OCH3 is 2. The molecule has 0 radical (unpaired) electrons. The van der Waals surface area contributed by atoms with E-state index in [1.54, 1.807) is 0 Å². The summed E-state index contributed by atoms with van der Waals surface area (Å²) in [5, 5.41) is 5.44. The van der Waals surface area contributed by atoms with E-state index in [-0.39, 0.29) is 6.03 Å². The van der Waals surface area contributed by atoms with Gasteiger partial charge in [0, 0.05) is 20.8 Å². The molecule has 0 aliphatic heterocycles. The zero-order chi connectivity index (χ0) is 13.2. The van der Waals surface area contributed by atoms with Gasteiger partial charge < -0.3 is 20.1 Å². The van der Waals surface area contributed by atoms with Crippen molar-refractivity contribution >= 4 is 6.03 Å². The number of amides is 2. The number of carbonyl (C=O) groups excluding carboxylic acids is 1. The number of rotatable bonds is 7. The largest absolute Gasteiger partial charge is 0.354 e. The number of hydrogen-bond donors (Lipinski definition) is 2. The normalized spacial score (nSPS) is 10.4. The number of carbonyl (C=O) groups is 1. The summed E-state index contributed by atoms with van der Waals surface area (Å²) < 4.78 is 9.92. The number of urea groups is 1. The lowest BCUT2D eigenvalue weighted by molar-refractivity contribution is -0.0971. The number of nitrogens with one attached hydrogen (secondary N) is 2. The molecule has 5 heteroatoms. The molecule has 5 nitrogen and oxygen atoms in total. The highest BCUT2D eigenvalue weighted by atomic mass is 16.7. The molecular weight excluding hydrogens is 232 g/mol. The molecule has 2 amide bonds. The summed E-state index contributed by atoms with van der Waals surface area (Å²) in [6.45, 7) is 0.921. The minimum atomic E-state index is -0.412. The third-order valence-electron chi connectivity index (χ3n) is 2.50. The van der Waals surface area contributed by atoms with Gasteiger partial charge in [-0.15, -0.1) is 0 Å². The van der Waals surface area contributed by atoms with Gasteiger partial charge in [0.2, 0.25) is 0 Å². The first-order valence-electron chi connectivity index (χ1n) is 5.87. The van der Waals surface area contributed by atoms with E-state index in [2.05, 4.69) is 10.6 Å². The average Bonchev–Trinajstić information content (AvgIpc) is 2.41. The molecule has 0 saturated carbocycles. The lowest BCUT2D eigenvalue weighted by Crippen LogP contribution is -2.41. The molecule has 0 fully saturated rings. The molecule has 18 heavy (non-hydrogen) atoms. The average molecular weight is 252 g/mol. The molecule has 1 aromatic carbocycles. The number of hydrogen-bond acceptors (Lipinski definition) is 3. The fraction of sp³-hybridized carbons (Fsp3) is 0.462. The molecule has 0 aliphatic carbocycles. The summed E-state index contributed by atoms with van der Waals surface area (Å²) in [4.78, 5) is 11.4. The van der Waals surface area contributed by atoms with Crippen molar-refractivity contribution in [3.8, 4) is 0 Å². The maximum absolute atomic E-state index is 11.4. The Morgan fingerprint density at radius 1 is 1.17 bits per heavy atom. The van der Waals surface area contributed by atoms with Crippen LogP contribution in [0.25, 0.3) is 0 Å². The minimum absolute atomic E-state index is 0.218. The molecule has 0 atom stereocenters. The topological polar surface area (TPSA) is 59.6 Å². The van der Waals surface area contributed by atoms with E-state index in [1.165, 1.54) is 19.8 Å². The molecule has 0 heterocycles. The first-order chi connectivity index (χ1) is 8.76. The summed E-state index contributed by atoms with van der Waals surface area (Å²) in [5.74, 6) is 0. The van der Waals surface area contributed by atoms with Crippen molar-refractivity contribution in [2.24, 2.45) is 0 Å². The maximum Gasteiger partial charge on any atom is 0.314 e. The smallest absolute Gasteiger partial charge is 0.314 e. The van der Waals surface area contributed by atoms with E-state index >= 15 is 0 Å². The predicted molar refractivity (Wildman–Crippen MR) is 69.4 cm³/mol. The third-order valence-corrected chi connectivity index (χ3v) is 2.50. The summed E-state index contributed by atoms with van der Waals surface area (Å²) in [6, 6.07) is 9.79. The molecule has 1 rings (SSSR count). The lowest BCUT2D eigenvalue weighted by Gasteiger charge is -2.14. The Morgan fingerprint density at radius 2 is 1.83 bits per heavy atom. The van der Waals surface area contributed by atoms with E-state index in [1.807, 2.05) is 30.3 Å². The number of benzene rings is 1. The second kappa shape index (κ2) is 8.49. The van der Waals surface area contributed by atoms with Crippen LogP contribution in [-0.4, -0.2) is 39.6 Å². The summed E-state index contributed by atoms with van der Waals surface area (Å²) in [7, 11) is 3.06. The fourth-order valence-corrected chi connectivity index (χ4v) is 1.47. The van der Waals surface area contributed by atoms with Crippen LogP contribution in [0, 0.1) is 0 Å². The van der Waals surface area contributed by atoms with Crippen molar-refractivity contribution in [3.05, 3.63) is 35.9 Å². The van der Waals surface area contributed by atoms with Gasteiger partial charge in [0.05, 0.1) is 6.54 Å². The Bertz CT molecular complexity index is 339. The Balaban J connectivity index is 2.14. The van der Waals surface area contributed by atoms with Gasteiger partial charge in [-0.25, -0.2) is 4.79 Å². The molecule has 0 saturated heterocycles. The van der Waals surface area contributed by atoms with E-state index in [0.29, 0.717) is 13.1 Å². The third kappa shape index (κ3) is 5.65. The van der Waals surface area contributed by atoms with Gasteiger partial charge >= 0.3 is 6.03 Å². The van der Waals surface area contributed by atoms with Gasteiger partial charge in [0.25, 0.3) is 0 Å². The van der Waals surface area contributed by atoms with Crippen LogP contribution in [-0.2, 0) is 15.9 Å². The SMILES string of the molecule is COC(CNC(=O)NCCc1ccccc1)OC. The van der Waals surface area contributed by atoms with Gasteiger partial charge in [0.1, 0.15) is 0 Å². The van der Waals surface area contributed by atoms with E-state index < -0.39 is 6.29 Å². The van der Waals surface area contributed by atoms with E-state index in [4.69, 9.17) is 9.47 Å². The molecule has 0 unspecified atom stereocenters. The van der Waals surface area contributed by atoms with Gasteiger partial charge in [0.15, 0.2) is 6.29 Å². The monoisotopic (exact) mass is 252 g/mol. The Morgan fingerprint density at radius 3 is 2.44 bits per heavy atom. The first-order valence-corrected chi connectivity index (χ1v) is 5.87. The standard InChI is InChI=1S/C13H20N2O3/c1-17-12(18-2)10-15-13(16)14-9-8-11-6-4-3-5-7-11/h3-7,12H,8-10H2,1-2H3,(H2,14,15,16). The highest BCUT2D eigenvalue weighted by Gasteiger charge is 2.06. The quantitative estimate of drug-likeness (QED) is 0.716. The molecule has 1 aromatic rings. The van der Waals surface area contributed by atoms with Crippen molar-refractivity contribution in [1.29, 1.82) is 0 Å². The summed E-state index contributed by atoms with van der Waals surface area (Å²) in [6.07, 6.45) is 0.400. The zero-order valence-corrected chi connectivity index (χ0v) is 10.8. The van der Waals surface area contributed by atoms with Crippen LogP contribution >= 0.6 is 0 Å². The summed E-state index contributed by atoms with van der Waals surface area (Å²) >= 11 is 0. The van der Waals surface area contributed by atoms with Crippen LogP contribution in [0.3, 0.4) is 0 Å². The molecular formula is C13H20N2O3. The van der Waals surface area contributed by atoms with Crippen molar-refractivity contribution in [1.82, 2.24) is 10.6 Å². The molecule has 0 aromatic heterocycles. The number of ether oxygens (including phenoxy) is 2. The Labute approximate surface area is 107 Å². The molecule has 0 spiro atoms. The second-order valence-corrected chi connectivity index (χ2v) is 3.77. The highest BCUT2D eigenvalue weighted by Crippen LogP contribution is 1.97. The molecule has 100 valence electrons. The summed E-state index contributed by atoms with van der Waals surface area (Å²) in [5.41, 5.74) is 1.20. The van der Waals surface area contributed by atoms with Crippen LogP contribution in [0.1, 0.15) is 5.56 Å². The lowest BCUT2D eigenvalue weighted by atomic mass is 10.1. The molecule has 0 aliphatic rings.